The highest BCUT2D eigenvalue weighted by Gasteiger charge is 2.48. The molecule has 4 aliphatic rings. The Morgan fingerprint density at radius 3 is 1.08 bits per heavy atom. The van der Waals surface area contributed by atoms with Gasteiger partial charge in [0.05, 0.1) is 38.6 Å². The van der Waals surface area contributed by atoms with Crippen LogP contribution in [0.4, 0.5) is 0 Å². The lowest BCUT2D eigenvalue weighted by Gasteiger charge is -2.42. The molecule has 4 fully saturated rings. The highest BCUT2D eigenvalue weighted by atomic mass is 16.7. The van der Waals surface area contributed by atoms with E-state index in [9.17, 15) is 94.2 Å². The molecule has 36 heteroatoms. The summed E-state index contributed by atoms with van der Waals surface area (Å²) in [5.41, 5.74) is 0. The van der Waals surface area contributed by atoms with Gasteiger partial charge in [-0.1, -0.05) is 77.0 Å². The van der Waals surface area contributed by atoms with Crippen molar-refractivity contribution in [2.24, 2.45) is 0 Å². The first kappa shape index (κ1) is 93.9. The lowest BCUT2D eigenvalue weighted by Crippen LogP contribution is -2.64. The van der Waals surface area contributed by atoms with Crippen LogP contribution in [-0.4, -0.2) is 306 Å². The third-order valence-electron chi connectivity index (χ3n) is 19.1. The van der Waals surface area contributed by atoms with Crippen LogP contribution in [0.5, 0.6) is 0 Å². The molecule has 4 heterocycles. The molecule has 19 N–H and O–H groups in total. The molecular weight excluding hydrogens is 1410 g/mol. The van der Waals surface area contributed by atoms with Gasteiger partial charge in [-0.15, -0.1) is 0 Å². The summed E-state index contributed by atoms with van der Waals surface area (Å²) in [5.74, 6) is -4.06. The minimum atomic E-state index is -1.47. The van der Waals surface area contributed by atoms with E-state index >= 15 is 0 Å². The number of rotatable bonds is 55. The summed E-state index contributed by atoms with van der Waals surface area (Å²) in [6.45, 7) is 3.64. The Labute approximate surface area is 627 Å². The van der Waals surface area contributed by atoms with E-state index < -0.39 is 183 Å². The van der Waals surface area contributed by atoms with Crippen molar-refractivity contribution in [2.75, 3.05) is 79.5 Å². The van der Waals surface area contributed by atoms with Gasteiger partial charge in [0, 0.05) is 106 Å². The second-order valence-corrected chi connectivity index (χ2v) is 28.1. The van der Waals surface area contributed by atoms with Gasteiger partial charge >= 0.3 is 0 Å². The van der Waals surface area contributed by atoms with E-state index in [1.54, 1.807) is 0 Å². The second-order valence-electron chi connectivity index (χ2n) is 28.1. The fourth-order valence-corrected chi connectivity index (χ4v) is 13.0. The average molecular weight is 1540 g/mol. The van der Waals surface area contributed by atoms with E-state index in [-0.39, 0.29) is 90.2 Å². The highest BCUT2D eigenvalue weighted by Crippen LogP contribution is 2.27. The van der Waals surface area contributed by atoms with Crippen LogP contribution in [0.1, 0.15) is 194 Å². The number of methoxy groups -OCH3 is 1. The molecule has 107 heavy (non-hydrogen) atoms. The summed E-state index contributed by atoms with van der Waals surface area (Å²) in [4.78, 5) is 116. The minimum absolute atomic E-state index is 0.0713. The number of unbranched alkanes of at least 4 members (excludes halogenated alkanes) is 16. The van der Waals surface area contributed by atoms with Crippen LogP contribution in [0.2, 0.25) is 0 Å². The number of carbonyl (C=O) groups is 9. The van der Waals surface area contributed by atoms with Gasteiger partial charge in [-0.2, -0.15) is 0 Å². The van der Waals surface area contributed by atoms with Gasteiger partial charge in [0.2, 0.25) is 53.2 Å². The van der Waals surface area contributed by atoms with Gasteiger partial charge in [0.25, 0.3) is 0 Å². The summed E-state index contributed by atoms with van der Waals surface area (Å²) in [6.07, 6.45) is -3.25. The van der Waals surface area contributed by atoms with Gasteiger partial charge in [0.1, 0.15) is 91.2 Å². The summed E-state index contributed by atoms with van der Waals surface area (Å²) in [5, 5.41) is 126. The van der Waals surface area contributed by atoms with Crippen molar-refractivity contribution in [3.63, 3.8) is 0 Å². The summed E-state index contributed by atoms with van der Waals surface area (Å²) in [7, 11) is 1.54. The molecule has 4 saturated heterocycles. The molecule has 618 valence electrons. The van der Waals surface area contributed by atoms with E-state index in [0.717, 1.165) is 44.9 Å². The molecule has 0 bridgehead atoms. The predicted molar refractivity (Wildman–Crippen MR) is 381 cm³/mol. The Morgan fingerprint density at radius 1 is 0.383 bits per heavy atom. The average Bonchev–Trinajstić information content (AvgIpc) is 1.57. The summed E-state index contributed by atoms with van der Waals surface area (Å²) < 4.78 is 45.1. The molecule has 16 unspecified atom stereocenters. The monoisotopic (exact) mass is 1540 g/mol. The predicted octanol–water partition coefficient (Wildman–Crippen LogP) is -3.39. The molecule has 0 aromatic carbocycles. The molecule has 0 aromatic rings. The zero-order valence-electron chi connectivity index (χ0n) is 62.8. The van der Waals surface area contributed by atoms with Gasteiger partial charge in [-0.3, -0.25) is 43.2 Å². The smallest absolute Gasteiger partial charge is 0.242 e. The molecule has 0 spiro atoms. The van der Waals surface area contributed by atoms with Crippen LogP contribution in [0.25, 0.3) is 0 Å². The van der Waals surface area contributed by atoms with Crippen molar-refractivity contribution in [2.45, 2.75) is 316 Å². The zero-order chi connectivity index (χ0) is 78.6. The molecule has 0 radical (unpaired) electrons. The number of amides is 9. The third kappa shape index (κ3) is 36.0. The lowest BCUT2D eigenvalue weighted by molar-refractivity contribution is -0.270. The molecule has 0 aliphatic carbocycles. The van der Waals surface area contributed by atoms with E-state index in [0.29, 0.717) is 103 Å². The van der Waals surface area contributed by atoms with Crippen LogP contribution < -0.4 is 47.9 Å². The lowest BCUT2D eigenvalue weighted by atomic mass is 9.97. The van der Waals surface area contributed by atoms with Crippen LogP contribution >= 0.6 is 0 Å². The quantitative estimate of drug-likeness (QED) is 0.0264. The molecule has 9 amide bonds. The Hall–Kier alpha value is -5.49. The number of carbonyl (C=O) groups excluding carboxylic acids is 9. The second kappa shape index (κ2) is 53.4. The zero-order valence-corrected chi connectivity index (χ0v) is 62.8. The maximum Gasteiger partial charge on any atom is 0.242 e. The first-order valence-corrected chi connectivity index (χ1v) is 38.4. The Morgan fingerprint density at radius 2 is 0.710 bits per heavy atom. The number of aliphatic hydroxyl groups excluding tert-OH is 10. The van der Waals surface area contributed by atoms with E-state index in [1.165, 1.54) is 27.9 Å². The van der Waals surface area contributed by atoms with Crippen molar-refractivity contribution in [1.29, 1.82) is 0 Å². The van der Waals surface area contributed by atoms with Crippen LogP contribution in [-0.2, 0) is 81.0 Å². The number of aliphatic hydroxyl groups is 10. The first-order valence-electron chi connectivity index (χ1n) is 38.4. The van der Waals surface area contributed by atoms with E-state index in [2.05, 4.69) is 47.9 Å². The van der Waals surface area contributed by atoms with Gasteiger partial charge in [-0.25, -0.2) is 0 Å². The summed E-state index contributed by atoms with van der Waals surface area (Å²) in [6, 6.07) is -5.60. The fourth-order valence-electron chi connectivity index (χ4n) is 13.0. The first-order chi connectivity index (χ1) is 51.3. The van der Waals surface area contributed by atoms with Crippen LogP contribution in [0, 0.1) is 0 Å². The Bertz CT molecular complexity index is 2590. The SMILES string of the molecule is COC[C@@H]1O[C@@H](CNC(=O)CCCCCCCCCCC(=O)NC(CCC(=O)NC(CCC(=O)NCCCCCCOC2O[C@H](CO)C(O)C(O)C2NC(C)=O)C(=O)NCCCCCCOC2OC(CO)C(O)C(O)C2NC(C)=O)C(=O)NCCCCCCOC2OC(CO)C(O)C(O)C2NC(C)=O)C[C@H]1O. The third-order valence-corrected chi connectivity index (χ3v) is 19.1. The number of nitrogens with one attached hydrogen (secondary N) is 9. The number of hydrogen-bond donors (Lipinski definition) is 19. The topological polar surface area (TPSA) is 538 Å². The summed E-state index contributed by atoms with van der Waals surface area (Å²) >= 11 is 0. The molecule has 36 nitrogen and oxygen atoms in total. The molecule has 4 rings (SSSR count). The molecule has 4 aliphatic heterocycles. The van der Waals surface area contributed by atoms with Crippen molar-refractivity contribution in [1.82, 2.24) is 47.9 Å². The van der Waals surface area contributed by atoms with E-state index in [4.69, 9.17) is 37.9 Å². The number of ether oxygens (including phenoxy) is 8. The number of hydrogen-bond acceptors (Lipinski definition) is 27. The molecule has 0 saturated carbocycles. The van der Waals surface area contributed by atoms with Gasteiger partial charge < -0.3 is 137 Å². The standard InChI is InChI=1S/C71H127N9O27/c1-43(84)76-58-64(95)61(92)50(39-81)105-69(58)101-34-22-14-11-19-31-72-55(89)29-27-47(67(98)73-32-20-12-15-23-35-102-70-59(77-44(2)85)65(96)62(93)51(40-82)106-70)80-57(91)30-28-48(68(99)74-33-21-13-16-24-36-103-71-60(78-45(3)86)66(97)63(94)52(41-83)107-71)79-56(90)26-18-10-8-6-5-7-9-17-25-54(88)75-38-46-37-49(87)53(104-46)42-100-4/h46-53,58-66,69-71,81-83,87,92-97H,5-42H2,1-4H3,(H,72,89)(H,73,98)(H,74,99)(H,75,88)(H,76,84)(H,77,85)(H,78,86)(H,79,90)(H,80,91)/t46-,47?,48?,49-,50-,51?,52?,53+,58?,59?,60?,61?,62?,63?,64?,65?,66?,69?,70?,71?/m1/s1. The normalized spacial score (nSPS) is 27.6. The van der Waals surface area contributed by atoms with Crippen molar-refractivity contribution < 1.29 is 132 Å². The molecule has 20 atom stereocenters. The largest absolute Gasteiger partial charge is 0.394 e. The minimum Gasteiger partial charge on any atom is -0.394 e. The maximum atomic E-state index is 13.9. The molecule has 0 aromatic heterocycles. The van der Waals surface area contributed by atoms with Crippen LogP contribution in [0.15, 0.2) is 0 Å². The van der Waals surface area contributed by atoms with Gasteiger partial charge in [-0.05, 0) is 64.2 Å². The Kier molecular flexibility index (Phi) is 46.9. The van der Waals surface area contributed by atoms with Gasteiger partial charge in [0.15, 0.2) is 18.9 Å². The van der Waals surface area contributed by atoms with Crippen molar-refractivity contribution in [3.05, 3.63) is 0 Å². The van der Waals surface area contributed by atoms with E-state index in [1.807, 2.05) is 0 Å². The highest BCUT2D eigenvalue weighted by molar-refractivity contribution is 5.90. The van der Waals surface area contributed by atoms with Crippen molar-refractivity contribution in [3.8, 4) is 0 Å². The molecular formula is C71H127N9O27. The maximum absolute atomic E-state index is 13.9. The Balaban J connectivity index is 1.30. The van der Waals surface area contributed by atoms with Crippen LogP contribution in [0.3, 0.4) is 0 Å². The fraction of sp³-hybridized carbons (Fsp3) is 0.873. The van der Waals surface area contributed by atoms with Crippen molar-refractivity contribution >= 4 is 53.2 Å².